The predicted octanol–water partition coefficient (Wildman–Crippen LogP) is 0.121. The lowest BCUT2D eigenvalue weighted by Crippen LogP contribution is -2.28. The molecule has 1 atom stereocenters. The fraction of sp³-hybridized carbons (Fsp3) is 0.900. The Morgan fingerprint density at radius 1 is 1.50 bits per heavy atom. The van der Waals surface area contributed by atoms with Crippen molar-refractivity contribution >= 4 is 5.91 Å². The van der Waals surface area contributed by atoms with Crippen molar-refractivity contribution in [2.75, 3.05) is 26.7 Å². The van der Waals surface area contributed by atoms with Crippen molar-refractivity contribution in [1.82, 2.24) is 10.6 Å². The van der Waals surface area contributed by atoms with Crippen LogP contribution in [0.15, 0.2) is 0 Å². The number of nitrogens with one attached hydrogen (secondary N) is 2. The summed E-state index contributed by atoms with van der Waals surface area (Å²) in [5, 5.41) is 14.5. The summed E-state index contributed by atoms with van der Waals surface area (Å²) < 4.78 is 0. The van der Waals surface area contributed by atoms with E-state index in [2.05, 4.69) is 17.6 Å². The molecule has 0 aromatic carbocycles. The van der Waals surface area contributed by atoms with E-state index in [0.717, 1.165) is 19.4 Å². The molecule has 3 N–H and O–H groups in total. The minimum atomic E-state index is 0.0627. The van der Waals surface area contributed by atoms with Crippen molar-refractivity contribution < 1.29 is 9.90 Å². The molecule has 0 saturated heterocycles. The van der Waals surface area contributed by atoms with E-state index in [1.165, 1.54) is 0 Å². The molecular formula is C10H22N2O2. The van der Waals surface area contributed by atoms with Crippen LogP contribution in [-0.4, -0.2) is 37.8 Å². The van der Waals surface area contributed by atoms with E-state index in [1.54, 1.807) is 7.05 Å². The lowest BCUT2D eigenvalue weighted by molar-refractivity contribution is -0.120. The van der Waals surface area contributed by atoms with Crippen LogP contribution in [0, 0.1) is 5.92 Å². The number of hydrogen-bond donors (Lipinski definition) is 3. The number of amides is 1. The summed E-state index contributed by atoms with van der Waals surface area (Å²) in [6, 6.07) is 0. The molecule has 0 aliphatic heterocycles. The molecule has 0 spiro atoms. The van der Waals surface area contributed by atoms with Crippen molar-refractivity contribution in [2.24, 2.45) is 5.92 Å². The van der Waals surface area contributed by atoms with Crippen LogP contribution in [0.25, 0.3) is 0 Å². The largest absolute Gasteiger partial charge is 0.396 e. The number of carbonyl (C=O) groups is 1. The lowest BCUT2D eigenvalue weighted by Gasteiger charge is -2.13. The summed E-state index contributed by atoms with van der Waals surface area (Å²) in [7, 11) is 1.64. The van der Waals surface area contributed by atoms with E-state index in [1.807, 2.05) is 0 Å². The Hall–Kier alpha value is -0.610. The topological polar surface area (TPSA) is 61.4 Å². The highest BCUT2D eigenvalue weighted by atomic mass is 16.3. The van der Waals surface area contributed by atoms with Gasteiger partial charge >= 0.3 is 0 Å². The third-order valence-electron chi connectivity index (χ3n) is 2.36. The second-order valence-electron chi connectivity index (χ2n) is 3.41. The Morgan fingerprint density at radius 3 is 2.71 bits per heavy atom. The molecule has 0 saturated carbocycles. The molecule has 0 aromatic heterocycles. The molecule has 1 unspecified atom stereocenters. The van der Waals surface area contributed by atoms with Crippen molar-refractivity contribution in [3.05, 3.63) is 0 Å². The summed E-state index contributed by atoms with van der Waals surface area (Å²) >= 11 is 0. The van der Waals surface area contributed by atoms with Gasteiger partial charge in [0.05, 0.1) is 0 Å². The second kappa shape index (κ2) is 8.97. The molecule has 4 heteroatoms. The first-order valence-corrected chi connectivity index (χ1v) is 5.26. The van der Waals surface area contributed by atoms with Gasteiger partial charge in [0.25, 0.3) is 0 Å². The zero-order valence-corrected chi connectivity index (χ0v) is 9.18. The minimum Gasteiger partial charge on any atom is -0.396 e. The van der Waals surface area contributed by atoms with E-state index in [-0.39, 0.29) is 12.5 Å². The maximum Gasteiger partial charge on any atom is 0.221 e. The number of carbonyl (C=O) groups excluding carboxylic acids is 1. The van der Waals surface area contributed by atoms with Gasteiger partial charge in [-0.15, -0.1) is 0 Å². The average Bonchev–Trinajstić information content (AvgIpc) is 2.22. The molecule has 1 amide bonds. The van der Waals surface area contributed by atoms with Crippen LogP contribution in [-0.2, 0) is 4.79 Å². The van der Waals surface area contributed by atoms with Gasteiger partial charge in [0.2, 0.25) is 5.91 Å². The van der Waals surface area contributed by atoms with Crippen molar-refractivity contribution in [1.29, 1.82) is 0 Å². The first-order chi connectivity index (χ1) is 6.74. The maximum absolute atomic E-state index is 10.9. The zero-order chi connectivity index (χ0) is 10.8. The van der Waals surface area contributed by atoms with E-state index in [4.69, 9.17) is 5.11 Å². The Morgan fingerprint density at radius 2 is 2.21 bits per heavy atom. The van der Waals surface area contributed by atoms with Gasteiger partial charge in [0.15, 0.2) is 0 Å². The molecule has 84 valence electrons. The highest BCUT2D eigenvalue weighted by Crippen LogP contribution is 2.05. The SMILES string of the molecule is CCC(CCO)CNCCC(=O)NC. The minimum absolute atomic E-state index is 0.0627. The van der Waals surface area contributed by atoms with E-state index in [0.29, 0.717) is 18.9 Å². The Kier molecular flexibility index (Phi) is 8.57. The molecule has 0 heterocycles. The molecule has 14 heavy (non-hydrogen) atoms. The van der Waals surface area contributed by atoms with Crippen molar-refractivity contribution in [3.63, 3.8) is 0 Å². The van der Waals surface area contributed by atoms with Gasteiger partial charge in [-0.05, 0) is 18.9 Å². The van der Waals surface area contributed by atoms with E-state index >= 15 is 0 Å². The summed E-state index contributed by atoms with van der Waals surface area (Å²) in [4.78, 5) is 10.9. The molecular weight excluding hydrogens is 180 g/mol. The maximum atomic E-state index is 10.9. The zero-order valence-electron chi connectivity index (χ0n) is 9.18. The standard InChI is InChI=1S/C10H22N2O2/c1-3-9(5-7-13)8-12-6-4-10(14)11-2/h9,12-13H,3-8H2,1-2H3,(H,11,14). The Labute approximate surface area is 86.1 Å². The highest BCUT2D eigenvalue weighted by molar-refractivity contribution is 5.75. The molecule has 4 nitrogen and oxygen atoms in total. The molecule has 0 bridgehead atoms. The predicted molar refractivity (Wildman–Crippen MR) is 57.0 cm³/mol. The molecule has 0 aliphatic carbocycles. The number of aliphatic hydroxyl groups is 1. The summed E-state index contributed by atoms with van der Waals surface area (Å²) in [6.45, 7) is 3.95. The fourth-order valence-corrected chi connectivity index (χ4v) is 1.27. The molecule has 0 aliphatic rings. The van der Waals surface area contributed by atoms with Gasteiger partial charge in [-0.3, -0.25) is 4.79 Å². The number of rotatable bonds is 8. The Bertz CT molecular complexity index is 151. The van der Waals surface area contributed by atoms with Crippen LogP contribution >= 0.6 is 0 Å². The summed E-state index contributed by atoms with van der Waals surface area (Å²) in [5.74, 6) is 0.581. The van der Waals surface area contributed by atoms with Crippen LogP contribution < -0.4 is 10.6 Å². The van der Waals surface area contributed by atoms with Crippen LogP contribution in [0.4, 0.5) is 0 Å². The van der Waals surface area contributed by atoms with Gasteiger partial charge in [0, 0.05) is 26.6 Å². The molecule has 0 fully saturated rings. The van der Waals surface area contributed by atoms with Gasteiger partial charge in [-0.1, -0.05) is 13.3 Å². The average molecular weight is 202 g/mol. The van der Waals surface area contributed by atoms with Crippen LogP contribution in [0.3, 0.4) is 0 Å². The normalized spacial score (nSPS) is 12.5. The van der Waals surface area contributed by atoms with Crippen molar-refractivity contribution in [2.45, 2.75) is 26.2 Å². The molecule has 0 radical (unpaired) electrons. The summed E-state index contributed by atoms with van der Waals surface area (Å²) in [5.41, 5.74) is 0. The van der Waals surface area contributed by atoms with E-state index < -0.39 is 0 Å². The molecule has 0 aromatic rings. The highest BCUT2D eigenvalue weighted by Gasteiger charge is 2.04. The summed E-state index contributed by atoms with van der Waals surface area (Å²) in [6.07, 6.45) is 2.42. The van der Waals surface area contributed by atoms with Gasteiger partial charge in [-0.2, -0.15) is 0 Å². The first-order valence-electron chi connectivity index (χ1n) is 5.26. The second-order valence-corrected chi connectivity index (χ2v) is 3.41. The number of hydrogen-bond acceptors (Lipinski definition) is 3. The van der Waals surface area contributed by atoms with Crippen LogP contribution in [0.1, 0.15) is 26.2 Å². The quantitative estimate of drug-likeness (QED) is 0.490. The lowest BCUT2D eigenvalue weighted by atomic mass is 10.0. The third kappa shape index (κ3) is 6.86. The van der Waals surface area contributed by atoms with Crippen LogP contribution in [0.5, 0.6) is 0 Å². The monoisotopic (exact) mass is 202 g/mol. The number of aliphatic hydroxyl groups excluding tert-OH is 1. The third-order valence-corrected chi connectivity index (χ3v) is 2.36. The van der Waals surface area contributed by atoms with Gasteiger partial charge in [0.1, 0.15) is 0 Å². The fourth-order valence-electron chi connectivity index (χ4n) is 1.27. The Balaban J connectivity index is 3.37. The first kappa shape index (κ1) is 13.4. The smallest absolute Gasteiger partial charge is 0.221 e. The van der Waals surface area contributed by atoms with E-state index in [9.17, 15) is 4.79 Å². The van der Waals surface area contributed by atoms with Gasteiger partial charge in [-0.25, -0.2) is 0 Å². The van der Waals surface area contributed by atoms with Gasteiger partial charge < -0.3 is 15.7 Å². The van der Waals surface area contributed by atoms with Crippen LogP contribution in [0.2, 0.25) is 0 Å². The molecule has 0 rings (SSSR count). The van der Waals surface area contributed by atoms with Crippen molar-refractivity contribution in [3.8, 4) is 0 Å².